The number of anilines is 1. The van der Waals surface area contributed by atoms with Crippen molar-refractivity contribution in [2.75, 3.05) is 18.1 Å². The van der Waals surface area contributed by atoms with Gasteiger partial charge in [-0.2, -0.15) is 0 Å². The van der Waals surface area contributed by atoms with Gasteiger partial charge in [-0.1, -0.05) is 29.8 Å². The lowest BCUT2D eigenvalue weighted by Crippen LogP contribution is -2.39. The van der Waals surface area contributed by atoms with Gasteiger partial charge in [-0.05, 0) is 55.7 Å². The Morgan fingerprint density at radius 1 is 1.23 bits per heavy atom. The first kappa shape index (κ1) is 18.3. The number of hydrogen-bond acceptors (Lipinski definition) is 4. The number of esters is 1. The topological polar surface area (TPSA) is 55.8 Å². The summed E-state index contributed by atoms with van der Waals surface area (Å²) in [6.07, 6.45) is -0.0640. The third kappa shape index (κ3) is 3.99. The molecule has 26 heavy (non-hydrogen) atoms. The fraction of sp³-hybridized carbons (Fsp3) is 0.300. The third-order valence-electron chi connectivity index (χ3n) is 4.30. The van der Waals surface area contributed by atoms with Crippen LogP contribution in [0.1, 0.15) is 18.1 Å². The van der Waals surface area contributed by atoms with Gasteiger partial charge in [0.1, 0.15) is 5.75 Å². The Balaban J connectivity index is 1.54. The Hall–Kier alpha value is -2.53. The number of para-hydroxylation sites is 1. The molecule has 0 aromatic heterocycles. The van der Waals surface area contributed by atoms with E-state index in [-0.39, 0.29) is 12.5 Å². The molecule has 2 aromatic carbocycles. The first-order valence-electron chi connectivity index (χ1n) is 8.43. The van der Waals surface area contributed by atoms with Gasteiger partial charge >= 0.3 is 5.97 Å². The van der Waals surface area contributed by atoms with Gasteiger partial charge in [-0.3, -0.25) is 4.79 Å². The van der Waals surface area contributed by atoms with Crippen molar-refractivity contribution >= 4 is 29.2 Å². The summed E-state index contributed by atoms with van der Waals surface area (Å²) in [4.78, 5) is 26.3. The van der Waals surface area contributed by atoms with Gasteiger partial charge in [0.25, 0.3) is 5.91 Å². The Bertz CT molecular complexity index is 836. The van der Waals surface area contributed by atoms with Crippen molar-refractivity contribution in [1.82, 2.24) is 0 Å². The molecule has 1 unspecified atom stereocenters. The molecule has 3 rings (SSSR count). The fourth-order valence-corrected chi connectivity index (χ4v) is 3.03. The fourth-order valence-electron chi connectivity index (χ4n) is 2.92. The van der Waals surface area contributed by atoms with Crippen LogP contribution in [0.5, 0.6) is 5.75 Å². The zero-order valence-corrected chi connectivity index (χ0v) is 15.5. The second kappa shape index (κ2) is 7.79. The summed E-state index contributed by atoms with van der Waals surface area (Å²) in [5.41, 5.74) is 2.86. The summed E-state index contributed by atoms with van der Waals surface area (Å²) in [6.45, 7) is 3.76. The van der Waals surface area contributed by atoms with E-state index in [1.165, 1.54) is 0 Å². The van der Waals surface area contributed by atoms with E-state index in [1.54, 1.807) is 30.0 Å². The van der Waals surface area contributed by atoms with Crippen LogP contribution in [0.3, 0.4) is 0 Å². The lowest BCUT2D eigenvalue weighted by molar-refractivity contribution is -0.155. The van der Waals surface area contributed by atoms with Crippen LogP contribution in [-0.4, -0.2) is 31.1 Å². The van der Waals surface area contributed by atoms with Crippen LogP contribution in [0.4, 0.5) is 5.69 Å². The summed E-state index contributed by atoms with van der Waals surface area (Å²) in [5, 5.41) is 0.630. The normalized spacial score (nSPS) is 13.9. The molecule has 0 radical (unpaired) electrons. The third-order valence-corrected chi connectivity index (χ3v) is 4.72. The summed E-state index contributed by atoms with van der Waals surface area (Å²) >= 11 is 5.96. The van der Waals surface area contributed by atoms with E-state index in [9.17, 15) is 9.59 Å². The zero-order valence-electron chi connectivity index (χ0n) is 14.7. The molecule has 0 aliphatic carbocycles. The highest BCUT2D eigenvalue weighted by atomic mass is 35.5. The Labute approximate surface area is 157 Å². The SMILES string of the molecule is Cc1cc(OCC(=O)OC(C)C(=O)N2CCc3ccccc32)ccc1Cl. The average molecular weight is 374 g/mol. The lowest BCUT2D eigenvalue weighted by atomic mass is 10.2. The van der Waals surface area contributed by atoms with Crippen molar-refractivity contribution in [3.63, 3.8) is 0 Å². The molecule has 2 aromatic rings. The van der Waals surface area contributed by atoms with Crippen LogP contribution in [0.15, 0.2) is 42.5 Å². The summed E-state index contributed by atoms with van der Waals surface area (Å²) in [5.74, 6) is -0.298. The second-order valence-electron chi connectivity index (χ2n) is 6.20. The maximum atomic E-state index is 12.6. The molecule has 0 fully saturated rings. The van der Waals surface area contributed by atoms with E-state index < -0.39 is 12.1 Å². The number of nitrogens with zero attached hydrogens (tertiary/aromatic N) is 1. The maximum absolute atomic E-state index is 12.6. The quantitative estimate of drug-likeness (QED) is 0.752. The maximum Gasteiger partial charge on any atom is 0.344 e. The number of amides is 1. The Kier molecular flexibility index (Phi) is 5.47. The molecule has 0 N–H and O–H groups in total. The van der Waals surface area contributed by atoms with Gasteiger partial charge < -0.3 is 14.4 Å². The highest BCUT2D eigenvalue weighted by Gasteiger charge is 2.29. The standard InChI is InChI=1S/C20H20ClNO4/c1-13-11-16(7-8-17(13)21)25-12-19(23)26-14(2)20(24)22-10-9-15-5-3-4-6-18(15)22/h3-8,11,14H,9-10,12H2,1-2H3. The van der Waals surface area contributed by atoms with Crippen LogP contribution in [0.25, 0.3) is 0 Å². The number of fused-ring (bicyclic) bond motifs is 1. The van der Waals surface area contributed by atoms with Crippen LogP contribution in [-0.2, 0) is 20.7 Å². The molecule has 0 saturated heterocycles. The van der Waals surface area contributed by atoms with Gasteiger partial charge in [-0.15, -0.1) is 0 Å². The van der Waals surface area contributed by atoms with Crippen molar-refractivity contribution in [2.24, 2.45) is 0 Å². The molecule has 0 saturated carbocycles. The molecule has 0 bridgehead atoms. The number of carbonyl (C=O) groups excluding carboxylic acids is 2. The number of aryl methyl sites for hydroxylation is 1. The predicted molar refractivity (Wildman–Crippen MR) is 99.7 cm³/mol. The van der Waals surface area contributed by atoms with Gasteiger partial charge in [0.15, 0.2) is 12.7 Å². The lowest BCUT2D eigenvalue weighted by Gasteiger charge is -2.21. The van der Waals surface area contributed by atoms with E-state index in [0.29, 0.717) is 17.3 Å². The first-order chi connectivity index (χ1) is 12.5. The molecule has 136 valence electrons. The smallest absolute Gasteiger partial charge is 0.344 e. The Morgan fingerprint density at radius 2 is 2.00 bits per heavy atom. The molecule has 1 aliphatic heterocycles. The number of carbonyl (C=O) groups is 2. The highest BCUT2D eigenvalue weighted by Crippen LogP contribution is 2.28. The molecule has 1 heterocycles. The van der Waals surface area contributed by atoms with Crippen molar-refractivity contribution < 1.29 is 19.1 Å². The monoisotopic (exact) mass is 373 g/mol. The minimum absolute atomic E-state index is 0.231. The number of hydrogen-bond donors (Lipinski definition) is 0. The van der Waals surface area contributed by atoms with Crippen molar-refractivity contribution in [3.8, 4) is 5.75 Å². The molecule has 1 atom stereocenters. The minimum Gasteiger partial charge on any atom is -0.482 e. The van der Waals surface area contributed by atoms with Crippen molar-refractivity contribution in [3.05, 3.63) is 58.6 Å². The van der Waals surface area contributed by atoms with Gasteiger partial charge in [0, 0.05) is 17.3 Å². The van der Waals surface area contributed by atoms with Gasteiger partial charge in [-0.25, -0.2) is 4.79 Å². The predicted octanol–water partition coefficient (Wildman–Crippen LogP) is 3.55. The van der Waals surface area contributed by atoms with Crippen molar-refractivity contribution in [1.29, 1.82) is 0 Å². The first-order valence-corrected chi connectivity index (χ1v) is 8.81. The minimum atomic E-state index is -0.871. The zero-order chi connectivity index (χ0) is 18.7. The number of halogens is 1. The molecule has 1 aliphatic rings. The van der Waals surface area contributed by atoms with Crippen LogP contribution in [0.2, 0.25) is 5.02 Å². The summed E-state index contributed by atoms with van der Waals surface area (Å²) < 4.78 is 10.6. The van der Waals surface area contributed by atoms with Crippen molar-refractivity contribution in [2.45, 2.75) is 26.4 Å². The Morgan fingerprint density at radius 3 is 2.77 bits per heavy atom. The second-order valence-corrected chi connectivity index (χ2v) is 6.61. The molecule has 6 heteroatoms. The average Bonchev–Trinajstić information content (AvgIpc) is 3.06. The van der Waals surface area contributed by atoms with E-state index in [0.717, 1.165) is 23.2 Å². The molecular formula is C20H20ClNO4. The molecule has 1 amide bonds. The molecule has 0 spiro atoms. The largest absolute Gasteiger partial charge is 0.482 e. The van der Waals surface area contributed by atoms with Gasteiger partial charge in [0.2, 0.25) is 0 Å². The highest BCUT2D eigenvalue weighted by molar-refractivity contribution is 6.31. The van der Waals surface area contributed by atoms with E-state index in [4.69, 9.17) is 21.1 Å². The number of rotatable bonds is 5. The number of benzene rings is 2. The van der Waals surface area contributed by atoms with E-state index in [1.807, 2.05) is 31.2 Å². The van der Waals surface area contributed by atoms with E-state index >= 15 is 0 Å². The molecule has 5 nitrogen and oxygen atoms in total. The van der Waals surface area contributed by atoms with Crippen LogP contribution in [0, 0.1) is 6.92 Å². The molecular weight excluding hydrogens is 354 g/mol. The summed E-state index contributed by atoms with van der Waals surface area (Å²) in [7, 11) is 0. The van der Waals surface area contributed by atoms with Crippen LogP contribution >= 0.6 is 11.6 Å². The van der Waals surface area contributed by atoms with E-state index in [2.05, 4.69) is 0 Å². The van der Waals surface area contributed by atoms with Gasteiger partial charge in [0.05, 0.1) is 0 Å². The number of ether oxygens (including phenoxy) is 2. The van der Waals surface area contributed by atoms with Crippen LogP contribution < -0.4 is 9.64 Å². The summed E-state index contributed by atoms with van der Waals surface area (Å²) in [6, 6.07) is 12.9.